The Hall–Kier alpha value is -0.250. The number of methoxy groups -OCH3 is 1. The van der Waals surface area contributed by atoms with Crippen LogP contribution in [-0.2, 0) is 19.7 Å². The van der Waals surface area contributed by atoms with Crippen LogP contribution in [-0.4, -0.2) is 70.4 Å². The van der Waals surface area contributed by atoms with E-state index in [1.54, 1.807) is 7.11 Å². The molecule has 2 heterocycles. The Kier molecular flexibility index (Phi) is 4.80. The molecular formula is C11H23N3O4S. The van der Waals surface area contributed by atoms with Crippen LogP contribution in [0.1, 0.15) is 13.8 Å². The van der Waals surface area contributed by atoms with Gasteiger partial charge < -0.3 is 14.8 Å². The number of rotatable bonds is 4. The molecule has 2 fully saturated rings. The van der Waals surface area contributed by atoms with Gasteiger partial charge in [0.15, 0.2) is 0 Å². The predicted octanol–water partition coefficient (Wildman–Crippen LogP) is -1.08. The van der Waals surface area contributed by atoms with Gasteiger partial charge >= 0.3 is 0 Å². The summed E-state index contributed by atoms with van der Waals surface area (Å²) in [6.45, 7) is 5.79. The number of nitrogens with zero attached hydrogens (tertiary/aromatic N) is 1. The normalized spacial score (nSPS) is 37.6. The largest absolute Gasteiger partial charge is 0.378 e. The molecule has 2 rings (SSSR count). The Morgan fingerprint density at radius 2 is 1.89 bits per heavy atom. The highest BCUT2D eigenvalue weighted by Crippen LogP contribution is 2.15. The van der Waals surface area contributed by atoms with Crippen LogP contribution in [0.4, 0.5) is 0 Å². The molecule has 0 spiro atoms. The van der Waals surface area contributed by atoms with Crippen molar-refractivity contribution in [2.45, 2.75) is 38.2 Å². The van der Waals surface area contributed by atoms with Crippen LogP contribution >= 0.6 is 0 Å². The monoisotopic (exact) mass is 293 g/mol. The molecule has 0 bridgehead atoms. The summed E-state index contributed by atoms with van der Waals surface area (Å²) in [5, 5.41) is 3.12. The van der Waals surface area contributed by atoms with E-state index >= 15 is 0 Å². The zero-order valence-electron chi connectivity index (χ0n) is 11.6. The second-order valence-corrected chi connectivity index (χ2v) is 6.94. The number of hydrogen-bond donors (Lipinski definition) is 2. The van der Waals surface area contributed by atoms with E-state index in [0.717, 1.165) is 0 Å². The molecule has 8 heteroatoms. The molecule has 2 saturated heterocycles. The minimum atomic E-state index is -3.49. The lowest BCUT2D eigenvalue weighted by atomic mass is 10.2. The summed E-state index contributed by atoms with van der Waals surface area (Å²) >= 11 is 0. The zero-order valence-corrected chi connectivity index (χ0v) is 12.4. The van der Waals surface area contributed by atoms with Gasteiger partial charge in [0.25, 0.3) is 10.2 Å². The smallest absolute Gasteiger partial charge is 0.280 e. The van der Waals surface area contributed by atoms with Gasteiger partial charge in [-0.15, -0.1) is 0 Å². The Balaban J connectivity index is 2.01. The van der Waals surface area contributed by atoms with Crippen LogP contribution in [0.15, 0.2) is 0 Å². The van der Waals surface area contributed by atoms with Crippen LogP contribution < -0.4 is 10.0 Å². The molecule has 2 aliphatic rings. The fraction of sp³-hybridized carbons (Fsp3) is 1.00. The second kappa shape index (κ2) is 6.02. The third-order valence-corrected chi connectivity index (χ3v) is 5.07. The Bertz CT molecular complexity index is 393. The van der Waals surface area contributed by atoms with Crippen molar-refractivity contribution < 1.29 is 17.9 Å². The molecule has 3 unspecified atom stereocenters. The summed E-state index contributed by atoms with van der Waals surface area (Å²) in [7, 11) is -1.90. The average molecular weight is 293 g/mol. The highest BCUT2D eigenvalue weighted by atomic mass is 32.2. The van der Waals surface area contributed by atoms with Crippen molar-refractivity contribution in [2.24, 2.45) is 0 Å². The Morgan fingerprint density at radius 1 is 1.26 bits per heavy atom. The van der Waals surface area contributed by atoms with E-state index < -0.39 is 10.2 Å². The molecule has 19 heavy (non-hydrogen) atoms. The maximum atomic E-state index is 12.4. The van der Waals surface area contributed by atoms with Crippen molar-refractivity contribution in [3.63, 3.8) is 0 Å². The van der Waals surface area contributed by atoms with Crippen LogP contribution in [0.3, 0.4) is 0 Å². The predicted molar refractivity (Wildman–Crippen MR) is 71.1 cm³/mol. The first-order chi connectivity index (χ1) is 8.92. The van der Waals surface area contributed by atoms with Gasteiger partial charge in [0, 0.05) is 33.3 Å². The summed E-state index contributed by atoms with van der Waals surface area (Å²) in [5.74, 6) is 0. The van der Waals surface area contributed by atoms with Crippen LogP contribution in [0.5, 0.6) is 0 Å². The van der Waals surface area contributed by atoms with Crippen molar-refractivity contribution in [1.29, 1.82) is 0 Å². The molecule has 0 aliphatic carbocycles. The summed E-state index contributed by atoms with van der Waals surface area (Å²) in [6, 6.07) is -0.219. The summed E-state index contributed by atoms with van der Waals surface area (Å²) in [5.41, 5.74) is 0. The summed E-state index contributed by atoms with van der Waals surface area (Å²) in [4.78, 5) is 0. The van der Waals surface area contributed by atoms with Gasteiger partial charge in [-0.05, 0) is 13.8 Å². The fourth-order valence-electron chi connectivity index (χ4n) is 2.61. The maximum Gasteiger partial charge on any atom is 0.280 e. The first kappa shape index (κ1) is 15.1. The number of morpholine rings is 1. The third kappa shape index (κ3) is 3.65. The van der Waals surface area contributed by atoms with Crippen molar-refractivity contribution in [3.8, 4) is 0 Å². The topological polar surface area (TPSA) is 79.9 Å². The maximum absolute atomic E-state index is 12.4. The Labute approximate surface area is 114 Å². The van der Waals surface area contributed by atoms with Crippen molar-refractivity contribution in [3.05, 3.63) is 0 Å². The third-order valence-electron chi connectivity index (χ3n) is 3.49. The van der Waals surface area contributed by atoms with E-state index in [2.05, 4.69) is 10.0 Å². The van der Waals surface area contributed by atoms with E-state index in [1.807, 2.05) is 13.8 Å². The molecule has 0 aromatic carbocycles. The van der Waals surface area contributed by atoms with E-state index in [-0.39, 0.29) is 24.4 Å². The van der Waals surface area contributed by atoms with Crippen LogP contribution in [0, 0.1) is 0 Å². The number of nitrogens with one attached hydrogen (secondary N) is 2. The van der Waals surface area contributed by atoms with Crippen LogP contribution in [0.25, 0.3) is 0 Å². The molecule has 0 aromatic heterocycles. The molecule has 2 aliphatic heterocycles. The average Bonchev–Trinajstić information content (AvgIpc) is 2.74. The SMILES string of the molecule is CO[C@H]1CNCC1NS(=O)(=O)N1CC(C)OC(C)C1. The molecule has 0 saturated carbocycles. The van der Waals surface area contributed by atoms with E-state index in [1.165, 1.54) is 4.31 Å². The molecule has 0 amide bonds. The van der Waals surface area contributed by atoms with Gasteiger partial charge in [0.05, 0.1) is 24.4 Å². The molecule has 7 nitrogen and oxygen atoms in total. The highest BCUT2D eigenvalue weighted by Gasteiger charge is 2.36. The number of ether oxygens (including phenoxy) is 2. The fourth-order valence-corrected chi connectivity index (χ4v) is 4.19. The lowest BCUT2D eigenvalue weighted by Gasteiger charge is -2.35. The molecule has 0 aromatic rings. The van der Waals surface area contributed by atoms with Gasteiger partial charge in [-0.1, -0.05) is 0 Å². The summed E-state index contributed by atoms with van der Waals surface area (Å²) < 4.78 is 39.7. The molecule has 0 radical (unpaired) electrons. The highest BCUT2D eigenvalue weighted by molar-refractivity contribution is 7.87. The van der Waals surface area contributed by atoms with Gasteiger partial charge in [-0.25, -0.2) is 0 Å². The van der Waals surface area contributed by atoms with Gasteiger partial charge in [0.2, 0.25) is 0 Å². The minimum Gasteiger partial charge on any atom is -0.378 e. The summed E-state index contributed by atoms with van der Waals surface area (Å²) in [6.07, 6.45) is -0.286. The first-order valence-electron chi connectivity index (χ1n) is 6.58. The van der Waals surface area contributed by atoms with E-state index in [0.29, 0.717) is 26.2 Å². The lowest BCUT2D eigenvalue weighted by molar-refractivity contribution is -0.0445. The van der Waals surface area contributed by atoms with E-state index in [9.17, 15) is 8.42 Å². The van der Waals surface area contributed by atoms with Gasteiger partial charge in [0.1, 0.15) is 0 Å². The molecule has 2 N–H and O–H groups in total. The standard InChI is InChI=1S/C11H23N3O4S/c1-8-6-14(7-9(2)18-8)19(15,16)13-10-4-12-5-11(10)17-3/h8-13H,4-7H2,1-3H3/t8?,9?,10?,11-/m0/s1. The lowest BCUT2D eigenvalue weighted by Crippen LogP contribution is -2.55. The van der Waals surface area contributed by atoms with Gasteiger partial charge in [-0.3, -0.25) is 0 Å². The molecular weight excluding hydrogens is 270 g/mol. The minimum absolute atomic E-state index is 0.0831. The Morgan fingerprint density at radius 3 is 2.47 bits per heavy atom. The molecule has 4 atom stereocenters. The number of hydrogen-bond acceptors (Lipinski definition) is 5. The zero-order chi connectivity index (χ0) is 14.0. The van der Waals surface area contributed by atoms with Gasteiger partial charge in [-0.2, -0.15) is 17.4 Å². The van der Waals surface area contributed by atoms with Crippen molar-refractivity contribution in [2.75, 3.05) is 33.3 Å². The quantitative estimate of drug-likeness (QED) is 0.689. The first-order valence-corrected chi connectivity index (χ1v) is 8.02. The van der Waals surface area contributed by atoms with Crippen molar-refractivity contribution in [1.82, 2.24) is 14.3 Å². The second-order valence-electron chi connectivity index (χ2n) is 5.24. The van der Waals surface area contributed by atoms with Crippen molar-refractivity contribution >= 4 is 10.2 Å². The van der Waals surface area contributed by atoms with E-state index in [4.69, 9.17) is 9.47 Å². The molecule has 112 valence electrons. The van der Waals surface area contributed by atoms with Crippen LogP contribution in [0.2, 0.25) is 0 Å².